The molecule has 0 bridgehead atoms. The lowest BCUT2D eigenvalue weighted by atomic mass is 9.68. The molecule has 0 radical (unpaired) electrons. The number of alkyl halides is 6. The van der Waals surface area contributed by atoms with Crippen LogP contribution in [0.1, 0.15) is 82.5 Å². The van der Waals surface area contributed by atoms with Crippen molar-refractivity contribution in [2.45, 2.75) is 70.1 Å². The zero-order chi connectivity index (χ0) is 29.4. The summed E-state index contributed by atoms with van der Waals surface area (Å²) in [5.74, 6) is 7.33. The van der Waals surface area contributed by atoms with E-state index >= 15 is 0 Å². The van der Waals surface area contributed by atoms with E-state index in [0.717, 1.165) is 12.1 Å². The van der Waals surface area contributed by atoms with Gasteiger partial charge in [0.1, 0.15) is 0 Å². The van der Waals surface area contributed by atoms with Crippen molar-refractivity contribution >= 4 is 11.9 Å². The van der Waals surface area contributed by atoms with Crippen LogP contribution < -0.4 is 0 Å². The second-order valence-electron chi connectivity index (χ2n) is 8.66. The molecular formula is C29H26F6O4. The van der Waals surface area contributed by atoms with Gasteiger partial charge in [0.05, 0.1) is 11.1 Å². The third-order valence-electron chi connectivity index (χ3n) is 5.92. The first-order valence-corrected chi connectivity index (χ1v) is 12.0. The van der Waals surface area contributed by atoms with Gasteiger partial charge in [-0.2, -0.15) is 26.3 Å². The maximum Gasteiger partial charge on any atom is 0.411 e. The quantitative estimate of drug-likeness (QED) is 0.269. The van der Waals surface area contributed by atoms with E-state index < -0.39 is 75.9 Å². The molecule has 0 aliphatic carbocycles. The van der Waals surface area contributed by atoms with Gasteiger partial charge >= 0.3 is 24.3 Å². The van der Waals surface area contributed by atoms with Gasteiger partial charge < -0.3 is 10.2 Å². The Morgan fingerprint density at radius 3 is 1.31 bits per heavy atom. The van der Waals surface area contributed by atoms with Crippen LogP contribution in [0.15, 0.2) is 36.4 Å². The third kappa shape index (κ3) is 6.75. The van der Waals surface area contributed by atoms with Crippen LogP contribution in [0, 0.1) is 23.7 Å². The van der Waals surface area contributed by atoms with Crippen LogP contribution >= 0.6 is 0 Å². The topological polar surface area (TPSA) is 74.6 Å². The van der Waals surface area contributed by atoms with Crippen molar-refractivity contribution in [3.63, 3.8) is 0 Å². The Hall–Kier alpha value is -3.92. The summed E-state index contributed by atoms with van der Waals surface area (Å²) in [5.41, 5.74) is -9.21. The first-order chi connectivity index (χ1) is 18.2. The summed E-state index contributed by atoms with van der Waals surface area (Å²) < 4.78 is 89.9. The number of carboxylic acid groups (broad SMARTS) is 2. The molecule has 0 spiro atoms. The zero-order valence-corrected chi connectivity index (χ0v) is 21.2. The van der Waals surface area contributed by atoms with Crippen molar-refractivity contribution in [3.8, 4) is 23.7 Å². The minimum absolute atomic E-state index is 0.342. The molecule has 0 aliphatic rings. The lowest BCUT2D eigenvalue weighted by Gasteiger charge is -2.40. The molecule has 0 atom stereocenters. The molecule has 2 rings (SSSR count). The van der Waals surface area contributed by atoms with Crippen LogP contribution in [0.5, 0.6) is 0 Å². The molecule has 0 heterocycles. The number of carboxylic acids is 2. The van der Waals surface area contributed by atoms with Gasteiger partial charge in [0.25, 0.3) is 0 Å². The second-order valence-corrected chi connectivity index (χ2v) is 8.66. The molecule has 2 aromatic carbocycles. The fraction of sp³-hybridized carbons (Fsp3) is 0.379. The van der Waals surface area contributed by atoms with Gasteiger partial charge in [0, 0.05) is 25.7 Å². The van der Waals surface area contributed by atoms with Crippen LogP contribution in [0.25, 0.3) is 0 Å². The van der Waals surface area contributed by atoms with Gasteiger partial charge in [-0.05, 0) is 59.4 Å². The lowest BCUT2D eigenvalue weighted by Crippen LogP contribution is -2.55. The number of unbranched alkanes of at least 4 members (excludes halogenated alkanes) is 2. The predicted molar refractivity (Wildman–Crippen MR) is 132 cm³/mol. The Balaban J connectivity index is 3.07. The number of hydrogen-bond acceptors (Lipinski definition) is 2. The van der Waals surface area contributed by atoms with Crippen molar-refractivity contribution in [1.82, 2.24) is 0 Å². The van der Waals surface area contributed by atoms with Crippen LogP contribution in [0.3, 0.4) is 0 Å². The fourth-order valence-electron chi connectivity index (χ4n) is 4.14. The molecule has 10 heteroatoms. The summed E-state index contributed by atoms with van der Waals surface area (Å²) in [5, 5.41) is 18.7. The Morgan fingerprint density at radius 2 is 1.03 bits per heavy atom. The number of hydrogen-bond donors (Lipinski definition) is 2. The summed E-state index contributed by atoms with van der Waals surface area (Å²) in [7, 11) is 0. The number of carbonyl (C=O) groups is 2. The fourth-order valence-corrected chi connectivity index (χ4v) is 4.14. The molecule has 0 aliphatic heterocycles. The molecule has 208 valence electrons. The number of benzene rings is 2. The molecule has 2 aromatic rings. The van der Waals surface area contributed by atoms with Gasteiger partial charge in [-0.15, -0.1) is 11.8 Å². The minimum Gasteiger partial charge on any atom is -0.478 e. The number of rotatable bonds is 8. The van der Waals surface area contributed by atoms with Crippen molar-refractivity contribution in [3.05, 3.63) is 69.8 Å². The highest BCUT2D eigenvalue weighted by atomic mass is 19.4. The SMILES string of the molecule is CCCC#CCc1cc(C(=O)O)ccc1C(c1ccc(C(=O)O)cc1CC#CCCC)(C(F)(F)F)C(F)(F)F. The molecular weight excluding hydrogens is 526 g/mol. The molecule has 4 nitrogen and oxygen atoms in total. The molecule has 0 fully saturated rings. The van der Waals surface area contributed by atoms with Gasteiger partial charge in [0.2, 0.25) is 5.41 Å². The predicted octanol–water partition coefficient (Wildman–Crippen LogP) is 7.19. The van der Waals surface area contributed by atoms with E-state index in [0.29, 0.717) is 49.9 Å². The highest BCUT2D eigenvalue weighted by molar-refractivity contribution is 5.89. The minimum atomic E-state index is -5.97. The van der Waals surface area contributed by atoms with E-state index in [-0.39, 0.29) is 0 Å². The Morgan fingerprint density at radius 1 is 0.667 bits per heavy atom. The van der Waals surface area contributed by atoms with E-state index in [4.69, 9.17) is 0 Å². The van der Waals surface area contributed by atoms with E-state index in [1.54, 1.807) is 13.8 Å². The van der Waals surface area contributed by atoms with Gasteiger partial charge in [-0.25, -0.2) is 9.59 Å². The van der Waals surface area contributed by atoms with Crippen LogP contribution in [0.4, 0.5) is 26.3 Å². The first-order valence-electron chi connectivity index (χ1n) is 12.0. The van der Waals surface area contributed by atoms with E-state index in [1.807, 2.05) is 0 Å². The molecule has 0 aromatic heterocycles. The molecule has 39 heavy (non-hydrogen) atoms. The summed E-state index contributed by atoms with van der Waals surface area (Å²) >= 11 is 0. The summed E-state index contributed by atoms with van der Waals surface area (Å²) in [6.45, 7) is 3.57. The van der Waals surface area contributed by atoms with Crippen molar-refractivity contribution in [2.24, 2.45) is 0 Å². The van der Waals surface area contributed by atoms with Gasteiger partial charge in [-0.3, -0.25) is 0 Å². The molecule has 0 saturated heterocycles. The normalized spacial score (nSPS) is 11.7. The Labute approximate surface area is 222 Å². The Kier molecular flexibility index (Phi) is 10.2. The monoisotopic (exact) mass is 552 g/mol. The van der Waals surface area contributed by atoms with Gasteiger partial charge in [0.15, 0.2) is 0 Å². The maximum atomic E-state index is 15.0. The average Bonchev–Trinajstić information content (AvgIpc) is 2.84. The smallest absolute Gasteiger partial charge is 0.411 e. The lowest BCUT2D eigenvalue weighted by molar-refractivity contribution is -0.289. The van der Waals surface area contributed by atoms with E-state index in [2.05, 4.69) is 23.7 Å². The summed E-state index contributed by atoms with van der Waals surface area (Å²) in [4.78, 5) is 23.1. The molecule has 0 amide bonds. The second kappa shape index (κ2) is 12.8. The number of aromatic carboxylic acids is 2. The summed E-state index contributed by atoms with van der Waals surface area (Å²) in [6, 6.07) is 3.91. The molecule has 0 unspecified atom stereocenters. The van der Waals surface area contributed by atoms with Crippen LogP contribution in [0.2, 0.25) is 0 Å². The summed E-state index contributed by atoms with van der Waals surface area (Å²) in [6.07, 6.45) is -11.2. The number of halogens is 6. The average molecular weight is 553 g/mol. The van der Waals surface area contributed by atoms with Crippen molar-refractivity contribution in [1.29, 1.82) is 0 Å². The maximum absolute atomic E-state index is 15.0. The van der Waals surface area contributed by atoms with E-state index in [9.17, 15) is 46.1 Å². The van der Waals surface area contributed by atoms with Crippen molar-refractivity contribution < 1.29 is 46.1 Å². The van der Waals surface area contributed by atoms with Crippen molar-refractivity contribution in [2.75, 3.05) is 0 Å². The van der Waals surface area contributed by atoms with E-state index in [1.165, 1.54) is 0 Å². The van der Waals surface area contributed by atoms with Crippen LogP contribution in [-0.4, -0.2) is 34.5 Å². The standard InChI is InChI=1S/C29H26F6O4/c1-3-5-7-9-11-19-17-21(25(36)37)13-15-23(19)27(28(30,31)32,29(33,34)35)24-16-14-22(26(38)39)18-20(24)12-10-8-6-4-2/h13-18H,3-6,11-12H2,1-2H3,(H,36,37)(H,38,39). The third-order valence-corrected chi connectivity index (χ3v) is 5.92. The largest absolute Gasteiger partial charge is 0.478 e. The van der Waals surface area contributed by atoms with Crippen LogP contribution in [-0.2, 0) is 18.3 Å². The Bertz CT molecular complexity index is 1230. The highest BCUT2D eigenvalue weighted by Crippen LogP contribution is 2.58. The zero-order valence-electron chi connectivity index (χ0n) is 21.2. The molecule has 0 saturated carbocycles. The highest BCUT2D eigenvalue weighted by Gasteiger charge is 2.73. The molecule has 2 N–H and O–H groups in total. The van der Waals surface area contributed by atoms with Gasteiger partial charge in [-0.1, -0.05) is 37.8 Å². The first kappa shape index (κ1) is 31.3.